The summed E-state index contributed by atoms with van der Waals surface area (Å²) in [6, 6.07) is 2.10. The summed E-state index contributed by atoms with van der Waals surface area (Å²) < 4.78 is 2.25. The van der Waals surface area contributed by atoms with Gasteiger partial charge in [-0.25, -0.2) is 9.97 Å². The highest BCUT2D eigenvalue weighted by molar-refractivity contribution is 6.17. The topological polar surface area (TPSA) is 30.7 Å². The van der Waals surface area contributed by atoms with E-state index in [-0.39, 0.29) is 0 Å². The van der Waals surface area contributed by atoms with Crippen LogP contribution in [0.5, 0.6) is 0 Å². The molecule has 0 aliphatic heterocycles. The van der Waals surface area contributed by atoms with Crippen molar-refractivity contribution in [1.82, 2.24) is 14.5 Å². The number of halogens is 1. The van der Waals surface area contributed by atoms with E-state index in [0.29, 0.717) is 5.88 Å². The number of hydrogen-bond donors (Lipinski definition) is 0. The van der Waals surface area contributed by atoms with Gasteiger partial charge in [-0.05, 0) is 30.9 Å². The Balaban J connectivity index is 2.17. The standard InChI is InChI=1S/C16H24ClN3/c1-12(2)6-4-5-9-20-15(7-8-17)19-14-10-13(3)11-18-16(14)20/h10-12H,4-9H2,1-3H3. The maximum atomic E-state index is 5.90. The number of alkyl halides is 1. The summed E-state index contributed by atoms with van der Waals surface area (Å²) in [6.45, 7) is 7.59. The van der Waals surface area contributed by atoms with Gasteiger partial charge in [0.25, 0.3) is 0 Å². The Kier molecular flexibility index (Phi) is 5.41. The Morgan fingerprint density at radius 2 is 2.10 bits per heavy atom. The van der Waals surface area contributed by atoms with Gasteiger partial charge in [-0.2, -0.15) is 0 Å². The fourth-order valence-electron chi connectivity index (χ4n) is 2.49. The molecule has 0 amide bonds. The zero-order valence-corrected chi connectivity index (χ0v) is 13.5. The molecule has 0 N–H and O–H groups in total. The number of aromatic nitrogens is 3. The molecule has 2 heterocycles. The Labute approximate surface area is 126 Å². The number of aryl methyl sites for hydroxylation is 3. The third kappa shape index (κ3) is 3.72. The maximum Gasteiger partial charge on any atom is 0.160 e. The van der Waals surface area contributed by atoms with Crippen molar-refractivity contribution in [1.29, 1.82) is 0 Å². The van der Waals surface area contributed by atoms with Crippen LogP contribution in [0.15, 0.2) is 12.3 Å². The smallest absolute Gasteiger partial charge is 0.160 e. The zero-order chi connectivity index (χ0) is 14.5. The van der Waals surface area contributed by atoms with Crippen LogP contribution in [0.4, 0.5) is 0 Å². The molecule has 0 aliphatic rings. The molecule has 0 fully saturated rings. The molecule has 0 saturated heterocycles. The van der Waals surface area contributed by atoms with Gasteiger partial charge in [-0.15, -0.1) is 11.6 Å². The number of fused-ring (bicyclic) bond motifs is 1. The van der Waals surface area contributed by atoms with Gasteiger partial charge >= 0.3 is 0 Å². The Morgan fingerprint density at radius 3 is 2.80 bits per heavy atom. The molecule has 2 aromatic rings. The van der Waals surface area contributed by atoms with E-state index in [1.54, 1.807) is 0 Å². The molecule has 0 bridgehead atoms. The largest absolute Gasteiger partial charge is 0.313 e. The highest BCUT2D eigenvalue weighted by atomic mass is 35.5. The Bertz CT molecular complexity index is 560. The quantitative estimate of drug-likeness (QED) is 0.561. The molecule has 110 valence electrons. The van der Waals surface area contributed by atoms with Crippen molar-refractivity contribution in [3.63, 3.8) is 0 Å². The number of unbranched alkanes of at least 4 members (excludes halogenated alkanes) is 1. The first-order valence-corrected chi connectivity index (χ1v) is 8.03. The van der Waals surface area contributed by atoms with Crippen molar-refractivity contribution in [2.75, 3.05) is 5.88 Å². The van der Waals surface area contributed by atoms with Crippen LogP contribution in [-0.2, 0) is 13.0 Å². The minimum absolute atomic E-state index is 0.605. The van der Waals surface area contributed by atoms with Gasteiger partial charge in [-0.3, -0.25) is 0 Å². The minimum Gasteiger partial charge on any atom is -0.313 e. The Hall–Kier alpha value is -1.09. The van der Waals surface area contributed by atoms with E-state index >= 15 is 0 Å². The molecule has 0 unspecified atom stereocenters. The van der Waals surface area contributed by atoms with Crippen LogP contribution in [0.2, 0.25) is 0 Å². The molecule has 4 heteroatoms. The number of imidazole rings is 1. The first kappa shape index (κ1) is 15.3. The molecular weight excluding hydrogens is 270 g/mol. The summed E-state index contributed by atoms with van der Waals surface area (Å²) in [4.78, 5) is 9.25. The van der Waals surface area contributed by atoms with Crippen molar-refractivity contribution in [3.8, 4) is 0 Å². The molecule has 20 heavy (non-hydrogen) atoms. The molecular formula is C16H24ClN3. The second-order valence-corrected chi connectivity index (χ2v) is 6.24. The maximum absolute atomic E-state index is 5.90. The van der Waals surface area contributed by atoms with Crippen molar-refractivity contribution in [3.05, 3.63) is 23.7 Å². The van der Waals surface area contributed by atoms with Gasteiger partial charge in [0, 0.05) is 25.0 Å². The zero-order valence-electron chi connectivity index (χ0n) is 12.7. The summed E-state index contributed by atoms with van der Waals surface area (Å²) in [5.41, 5.74) is 3.15. The SMILES string of the molecule is Cc1cnc2c(c1)nc(CCCl)n2CCCCC(C)C. The average molecular weight is 294 g/mol. The van der Waals surface area contributed by atoms with E-state index in [0.717, 1.165) is 41.4 Å². The van der Waals surface area contributed by atoms with E-state index in [1.165, 1.54) is 19.3 Å². The van der Waals surface area contributed by atoms with Gasteiger partial charge in [0.15, 0.2) is 5.65 Å². The van der Waals surface area contributed by atoms with Crippen molar-refractivity contribution >= 4 is 22.8 Å². The van der Waals surface area contributed by atoms with Crippen LogP contribution < -0.4 is 0 Å². The third-order valence-electron chi connectivity index (χ3n) is 3.53. The van der Waals surface area contributed by atoms with Gasteiger partial charge < -0.3 is 4.57 Å². The van der Waals surface area contributed by atoms with Crippen molar-refractivity contribution in [2.24, 2.45) is 5.92 Å². The van der Waals surface area contributed by atoms with Crippen molar-refractivity contribution in [2.45, 2.75) is 53.0 Å². The summed E-state index contributed by atoms with van der Waals surface area (Å²) in [5.74, 6) is 2.45. The van der Waals surface area contributed by atoms with Gasteiger partial charge in [0.1, 0.15) is 11.3 Å². The highest BCUT2D eigenvalue weighted by Crippen LogP contribution is 2.18. The van der Waals surface area contributed by atoms with E-state index in [9.17, 15) is 0 Å². The van der Waals surface area contributed by atoms with E-state index in [2.05, 4.69) is 36.4 Å². The number of hydrogen-bond acceptors (Lipinski definition) is 2. The van der Waals surface area contributed by atoms with Crippen LogP contribution >= 0.6 is 11.6 Å². The van der Waals surface area contributed by atoms with Gasteiger partial charge in [0.05, 0.1) is 0 Å². The molecule has 0 aliphatic carbocycles. The summed E-state index contributed by atoms with van der Waals surface area (Å²) in [7, 11) is 0. The van der Waals surface area contributed by atoms with Crippen LogP contribution in [0.3, 0.4) is 0 Å². The van der Waals surface area contributed by atoms with Gasteiger partial charge in [0.2, 0.25) is 0 Å². The van der Waals surface area contributed by atoms with Crippen LogP contribution in [0.25, 0.3) is 11.2 Å². The molecule has 3 nitrogen and oxygen atoms in total. The predicted molar refractivity (Wildman–Crippen MR) is 85.4 cm³/mol. The second kappa shape index (κ2) is 7.07. The summed E-state index contributed by atoms with van der Waals surface area (Å²) in [6.07, 6.45) is 6.43. The Morgan fingerprint density at radius 1 is 1.30 bits per heavy atom. The molecule has 0 spiro atoms. The molecule has 0 atom stereocenters. The lowest BCUT2D eigenvalue weighted by Crippen LogP contribution is -2.06. The average Bonchev–Trinajstić information content (AvgIpc) is 2.72. The lowest BCUT2D eigenvalue weighted by Gasteiger charge is -2.09. The normalized spacial score (nSPS) is 11.7. The van der Waals surface area contributed by atoms with Crippen LogP contribution in [0, 0.1) is 12.8 Å². The highest BCUT2D eigenvalue weighted by Gasteiger charge is 2.11. The number of rotatable bonds is 7. The molecule has 0 radical (unpaired) electrons. The lowest BCUT2D eigenvalue weighted by atomic mass is 10.1. The summed E-state index contributed by atoms with van der Waals surface area (Å²) in [5, 5.41) is 0. The minimum atomic E-state index is 0.605. The molecule has 2 rings (SSSR count). The van der Waals surface area contributed by atoms with Crippen LogP contribution in [0.1, 0.15) is 44.5 Å². The third-order valence-corrected chi connectivity index (χ3v) is 3.72. The summed E-state index contributed by atoms with van der Waals surface area (Å²) >= 11 is 5.90. The number of pyridine rings is 1. The van der Waals surface area contributed by atoms with Crippen LogP contribution in [-0.4, -0.2) is 20.4 Å². The van der Waals surface area contributed by atoms with E-state index in [1.807, 2.05) is 6.20 Å². The molecule has 0 saturated carbocycles. The lowest BCUT2D eigenvalue weighted by molar-refractivity contribution is 0.507. The molecule has 0 aromatic carbocycles. The van der Waals surface area contributed by atoms with E-state index < -0.39 is 0 Å². The van der Waals surface area contributed by atoms with Crippen molar-refractivity contribution < 1.29 is 0 Å². The monoisotopic (exact) mass is 293 g/mol. The van der Waals surface area contributed by atoms with Gasteiger partial charge in [-0.1, -0.05) is 26.7 Å². The first-order chi connectivity index (χ1) is 9.61. The second-order valence-electron chi connectivity index (χ2n) is 5.86. The fourth-order valence-corrected chi connectivity index (χ4v) is 2.66. The fraction of sp³-hybridized carbons (Fsp3) is 0.625. The number of nitrogens with zero attached hydrogens (tertiary/aromatic N) is 3. The predicted octanol–water partition coefficient (Wildman–Crippen LogP) is 4.35. The first-order valence-electron chi connectivity index (χ1n) is 7.49. The molecule has 2 aromatic heterocycles. The van der Waals surface area contributed by atoms with E-state index in [4.69, 9.17) is 16.6 Å².